The van der Waals surface area contributed by atoms with E-state index in [1.165, 1.54) is 39.2 Å². The molecule has 1 N–H and O–H groups in total. The average molecular weight is 206 g/mol. The van der Waals surface area contributed by atoms with Gasteiger partial charge in [-0.2, -0.15) is 0 Å². The van der Waals surface area contributed by atoms with Crippen LogP contribution >= 0.6 is 8.60 Å². The largest absolute Gasteiger partial charge is 0.378 e. The Morgan fingerprint density at radius 3 is 2.54 bits per heavy atom. The highest BCUT2D eigenvalue weighted by molar-refractivity contribution is 7.41. The third kappa shape index (κ3) is 10.3. The quantitative estimate of drug-likeness (QED) is 0.358. The van der Waals surface area contributed by atoms with Gasteiger partial charge in [-0.25, -0.2) is 0 Å². The van der Waals surface area contributed by atoms with Crippen LogP contribution < -0.4 is 0 Å². The molecule has 0 fully saturated rings. The molecule has 0 aromatic carbocycles. The van der Waals surface area contributed by atoms with Gasteiger partial charge in [0.2, 0.25) is 0 Å². The number of rotatable bonds is 9. The van der Waals surface area contributed by atoms with Crippen molar-refractivity contribution < 1.29 is 13.9 Å². The normalized spacial score (nSPS) is 12.8. The van der Waals surface area contributed by atoms with Crippen LogP contribution in [0.2, 0.25) is 6.32 Å². The Labute approximate surface area is 83.1 Å². The standard InChI is InChI=1S/C8H20BO3P/c1-3-4-5-6-7-8-9-12-13(10)11-2/h9-10H,3-8H2,1-2H3. The first kappa shape index (κ1) is 13.4. The van der Waals surface area contributed by atoms with Crippen LogP contribution in [0.25, 0.3) is 0 Å². The van der Waals surface area contributed by atoms with E-state index in [9.17, 15) is 0 Å². The van der Waals surface area contributed by atoms with Gasteiger partial charge < -0.3 is 13.9 Å². The lowest BCUT2D eigenvalue weighted by atomic mass is 9.92. The van der Waals surface area contributed by atoms with Crippen LogP contribution in [0.5, 0.6) is 0 Å². The molecule has 0 saturated carbocycles. The second kappa shape index (κ2) is 10.5. The minimum atomic E-state index is -1.61. The van der Waals surface area contributed by atoms with Crippen LogP contribution in [-0.4, -0.2) is 19.5 Å². The van der Waals surface area contributed by atoms with Crippen molar-refractivity contribution >= 4 is 16.1 Å². The molecule has 5 heteroatoms. The number of hydrogen-bond acceptors (Lipinski definition) is 3. The van der Waals surface area contributed by atoms with Crippen molar-refractivity contribution in [2.75, 3.05) is 7.11 Å². The van der Waals surface area contributed by atoms with Crippen LogP contribution in [0, 0.1) is 0 Å². The fourth-order valence-corrected chi connectivity index (χ4v) is 1.47. The Bertz CT molecular complexity index is 105. The molecule has 78 valence electrons. The van der Waals surface area contributed by atoms with Gasteiger partial charge in [0, 0.05) is 7.11 Å². The first-order valence-corrected chi connectivity index (χ1v) is 6.10. The van der Waals surface area contributed by atoms with E-state index in [-0.39, 0.29) is 0 Å². The van der Waals surface area contributed by atoms with Crippen molar-refractivity contribution in [1.82, 2.24) is 0 Å². The van der Waals surface area contributed by atoms with Crippen LogP contribution in [0.4, 0.5) is 0 Å². The molecule has 0 aliphatic rings. The summed E-state index contributed by atoms with van der Waals surface area (Å²) in [4.78, 5) is 8.92. The number of unbranched alkanes of at least 4 members (excludes halogenated alkanes) is 4. The Morgan fingerprint density at radius 2 is 1.92 bits per heavy atom. The maximum absolute atomic E-state index is 8.92. The molecule has 0 bridgehead atoms. The highest BCUT2D eigenvalue weighted by Crippen LogP contribution is 2.30. The van der Waals surface area contributed by atoms with Gasteiger partial charge >= 0.3 is 8.60 Å². The zero-order valence-corrected chi connectivity index (χ0v) is 9.56. The first-order valence-electron chi connectivity index (χ1n) is 4.97. The third-order valence-electron chi connectivity index (χ3n) is 1.86. The lowest BCUT2D eigenvalue weighted by molar-refractivity contribution is 0.321. The first-order chi connectivity index (χ1) is 6.31. The SMILES string of the molecule is CCCCCCCBOP(O)OC. The molecule has 0 aromatic rings. The minimum Gasteiger partial charge on any atom is -0.378 e. The predicted molar refractivity (Wildman–Crippen MR) is 57.9 cm³/mol. The summed E-state index contributed by atoms with van der Waals surface area (Å²) in [6.07, 6.45) is 7.40. The zero-order chi connectivity index (χ0) is 9.94. The maximum Gasteiger partial charge on any atom is 0.313 e. The zero-order valence-electron chi connectivity index (χ0n) is 8.66. The van der Waals surface area contributed by atoms with Gasteiger partial charge in [0.05, 0.1) is 0 Å². The van der Waals surface area contributed by atoms with E-state index in [2.05, 4.69) is 11.4 Å². The van der Waals surface area contributed by atoms with Gasteiger partial charge in [0.15, 0.2) is 0 Å². The topological polar surface area (TPSA) is 38.7 Å². The molecule has 0 spiro atoms. The monoisotopic (exact) mass is 206 g/mol. The maximum atomic E-state index is 8.92. The highest BCUT2D eigenvalue weighted by Gasteiger charge is 2.02. The van der Waals surface area contributed by atoms with E-state index in [1.807, 2.05) is 0 Å². The second-order valence-electron chi connectivity index (χ2n) is 3.02. The van der Waals surface area contributed by atoms with Gasteiger partial charge in [-0.3, -0.25) is 0 Å². The van der Waals surface area contributed by atoms with E-state index in [1.54, 1.807) is 0 Å². The molecule has 0 aliphatic heterocycles. The molecule has 0 rings (SSSR count). The van der Waals surface area contributed by atoms with Crippen molar-refractivity contribution in [2.45, 2.75) is 45.3 Å². The average Bonchev–Trinajstić information content (AvgIpc) is 2.16. The molecule has 13 heavy (non-hydrogen) atoms. The van der Waals surface area contributed by atoms with Crippen LogP contribution in [-0.2, 0) is 8.96 Å². The molecule has 1 atom stereocenters. The molecule has 0 aromatic heterocycles. The molecule has 0 aliphatic carbocycles. The lowest BCUT2D eigenvalue weighted by Gasteiger charge is -2.06. The molecular weight excluding hydrogens is 186 g/mol. The Kier molecular flexibility index (Phi) is 10.8. The van der Waals surface area contributed by atoms with Crippen LogP contribution in [0.1, 0.15) is 39.0 Å². The second-order valence-corrected chi connectivity index (χ2v) is 4.12. The molecule has 0 amide bonds. The van der Waals surface area contributed by atoms with Crippen LogP contribution in [0.3, 0.4) is 0 Å². The van der Waals surface area contributed by atoms with Gasteiger partial charge in [0.1, 0.15) is 0 Å². The summed E-state index contributed by atoms with van der Waals surface area (Å²) in [5.41, 5.74) is 0. The molecule has 0 heterocycles. The van der Waals surface area contributed by atoms with Crippen molar-refractivity contribution in [1.29, 1.82) is 0 Å². The summed E-state index contributed by atoms with van der Waals surface area (Å²) in [5, 5.41) is 0. The van der Waals surface area contributed by atoms with Crippen molar-refractivity contribution in [3.05, 3.63) is 0 Å². The van der Waals surface area contributed by atoms with Crippen LogP contribution in [0.15, 0.2) is 0 Å². The smallest absolute Gasteiger partial charge is 0.313 e. The number of hydrogen-bond donors (Lipinski definition) is 1. The summed E-state index contributed by atoms with van der Waals surface area (Å²) in [6, 6.07) is 0. The van der Waals surface area contributed by atoms with Crippen molar-refractivity contribution in [2.24, 2.45) is 0 Å². The summed E-state index contributed by atoms with van der Waals surface area (Å²) in [6.45, 7) is 2.21. The van der Waals surface area contributed by atoms with Gasteiger partial charge in [0.25, 0.3) is 7.48 Å². The Balaban J connectivity index is 2.91. The van der Waals surface area contributed by atoms with Gasteiger partial charge in [-0.1, -0.05) is 45.3 Å². The van der Waals surface area contributed by atoms with Crippen molar-refractivity contribution in [3.8, 4) is 0 Å². The van der Waals surface area contributed by atoms with Crippen molar-refractivity contribution in [3.63, 3.8) is 0 Å². The van der Waals surface area contributed by atoms with E-state index in [0.29, 0.717) is 7.48 Å². The molecular formula is C8H20BO3P. The van der Waals surface area contributed by atoms with Gasteiger partial charge in [-0.15, -0.1) is 0 Å². The summed E-state index contributed by atoms with van der Waals surface area (Å²) in [5.74, 6) is 0. The lowest BCUT2D eigenvalue weighted by Crippen LogP contribution is -1.94. The van der Waals surface area contributed by atoms with E-state index >= 15 is 0 Å². The molecule has 3 nitrogen and oxygen atoms in total. The molecule has 0 radical (unpaired) electrons. The Hall–Kier alpha value is 0.375. The minimum absolute atomic E-state index is 0.613. The van der Waals surface area contributed by atoms with E-state index in [0.717, 1.165) is 6.32 Å². The fourth-order valence-electron chi connectivity index (χ4n) is 1.08. The molecule has 0 saturated heterocycles. The predicted octanol–water partition coefficient (Wildman–Crippen LogP) is 2.61. The highest BCUT2D eigenvalue weighted by atomic mass is 31.2. The summed E-state index contributed by atoms with van der Waals surface area (Å²) in [7, 11) is 0.459. The van der Waals surface area contributed by atoms with E-state index in [4.69, 9.17) is 9.33 Å². The Morgan fingerprint density at radius 1 is 1.23 bits per heavy atom. The summed E-state index contributed by atoms with van der Waals surface area (Å²) >= 11 is 0. The molecule has 1 unspecified atom stereocenters. The third-order valence-corrected chi connectivity index (χ3v) is 2.57. The summed E-state index contributed by atoms with van der Waals surface area (Å²) < 4.78 is 9.59. The fraction of sp³-hybridized carbons (Fsp3) is 1.00. The van der Waals surface area contributed by atoms with E-state index < -0.39 is 8.60 Å². The van der Waals surface area contributed by atoms with Gasteiger partial charge in [-0.05, 0) is 0 Å².